The number of halogens is 1. The van der Waals surface area contributed by atoms with Gasteiger partial charge in [-0.3, -0.25) is 9.55 Å². The SMILES string of the molecule is NCCc1ccc(-n2cnc3cnc4cc(Cl)c(C#Cc5ccccc5)cc4c32)cc1. The molecule has 0 atom stereocenters. The van der Waals surface area contributed by atoms with Gasteiger partial charge in [-0.1, -0.05) is 53.8 Å². The van der Waals surface area contributed by atoms with Gasteiger partial charge < -0.3 is 5.73 Å². The van der Waals surface area contributed by atoms with E-state index in [1.165, 1.54) is 5.56 Å². The van der Waals surface area contributed by atoms with Crippen molar-refractivity contribution < 1.29 is 0 Å². The van der Waals surface area contributed by atoms with Gasteiger partial charge in [-0.2, -0.15) is 0 Å². The number of nitrogens with two attached hydrogens (primary N) is 1. The van der Waals surface area contributed by atoms with Crippen molar-refractivity contribution in [2.24, 2.45) is 5.73 Å². The van der Waals surface area contributed by atoms with Gasteiger partial charge in [0.1, 0.15) is 11.8 Å². The Labute approximate surface area is 185 Å². The van der Waals surface area contributed by atoms with Crippen LogP contribution in [0.5, 0.6) is 0 Å². The van der Waals surface area contributed by atoms with E-state index in [9.17, 15) is 0 Å². The van der Waals surface area contributed by atoms with E-state index in [-0.39, 0.29) is 0 Å². The van der Waals surface area contributed by atoms with Crippen LogP contribution in [-0.2, 0) is 6.42 Å². The lowest BCUT2D eigenvalue weighted by atomic mass is 10.1. The summed E-state index contributed by atoms with van der Waals surface area (Å²) in [7, 11) is 0. The highest BCUT2D eigenvalue weighted by Gasteiger charge is 2.12. The second-order valence-electron chi connectivity index (χ2n) is 7.28. The highest BCUT2D eigenvalue weighted by atomic mass is 35.5. The molecule has 5 aromatic rings. The van der Waals surface area contributed by atoms with Crippen LogP contribution in [0.2, 0.25) is 5.02 Å². The normalized spacial score (nSPS) is 10.9. The van der Waals surface area contributed by atoms with Crippen molar-refractivity contribution >= 4 is 33.5 Å². The molecule has 3 aromatic carbocycles. The van der Waals surface area contributed by atoms with Crippen molar-refractivity contribution in [2.75, 3.05) is 6.54 Å². The number of aromatic nitrogens is 3. The minimum Gasteiger partial charge on any atom is -0.330 e. The molecular weight excluding hydrogens is 404 g/mol. The summed E-state index contributed by atoms with van der Waals surface area (Å²) in [6.07, 6.45) is 4.47. The maximum Gasteiger partial charge on any atom is 0.108 e. The van der Waals surface area contributed by atoms with Gasteiger partial charge in [0.05, 0.1) is 22.3 Å². The van der Waals surface area contributed by atoms with Crippen LogP contribution in [0.3, 0.4) is 0 Å². The van der Waals surface area contributed by atoms with E-state index in [0.717, 1.165) is 45.2 Å². The predicted octanol–water partition coefficient (Wildman–Crippen LogP) is 5.13. The summed E-state index contributed by atoms with van der Waals surface area (Å²) in [5, 5.41) is 1.54. The van der Waals surface area contributed by atoms with Crippen molar-refractivity contribution in [3.8, 4) is 17.5 Å². The summed E-state index contributed by atoms with van der Waals surface area (Å²) >= 11 is 6.52. The lowest BCUT2D eigenvalue weighted by Crippen LogP contribution is -2.02. The molecule has 150 valence electrons. The predicted molar refractivity (Wildman–Crippen MR) is 127 cm³/mol. The van der Waals surface area contributed by atoms with Crippen LogP contribution < -0.4 is 5.73 Å². The Morgan fingerprint density at radius 3 is 2.48 bits per heavy atom. The topological polar surface area (TPSA) is 56.7 Å². The maximum absolute atomic E-state index is 6.52. The molecule has 0 aliphatic rings. The van der Waals surface area contributed by atoms with E-state index >= 15 is 0 Å². The zero-order valence-corrected chi connectivity index (χ0v) is 17.5. The molecule has 0 fully saturated rings. The van der Waals surface area contributed by atoms with E-state index in [0.29, 0.717) is 11.6 Å². The van der Waals surface area contributed by atoms with Gasteiger partial charge in [-0.05, 0) is 54.9 Å². The molecule has 4 nitrogen and oxygen atoms in total. The Morgan fingerprint density at radius 1 is 0.903 bits per heavy atom. The summed E-state index contributed by atoms with van der Waals surface area (Å²) in [5.74, 6) is 6.39. The molecule has 31 heavy (non-hydrogen) atoms. The molecule has 5 rings (SSSR count). The molecule has 0 aliphatic carbocycles. The number of hydrogen-bond donors (Lipinski definition) is 1. The monoisotopic (exact) mass is 422 g/mol. The molecule has 0 radical (unpaired) electrons. The molecule has 2 heterocycles. The van der Waals surface area contributed by atoms with E-state index in [1.54, 1.807) is 6.20 Å². The van der Waals surface area contributed by atoms with Crippen LogP contribution in [0.15, 0.2) is 79.3 Å². The second-order valence-corrected chi connectivity index (χ2v) is 7.68. The summed E-state index contributed by atoms with van der Waals surface area (Å²) in [6.45, 7) is 0.636. The summed E-state index contributed by atoms with van der Waals surface area (Å²) in [4.78, 5) is 9.11. The summed E-state index contributed by atoms with van der Waals surface area (Å²) < 4.78 is 2.08. The molecule has 5 heteroatoms. The fourth-order valence-corrected chi connectivity index (χ4v) is 3.86. The molecule has 0 saturated carbocycles. The molecule has 0 spiro atoms. The van der Waals surface area contributed by atoms with Gasteiger partial charge in [0, 0.05) is 22.2 Å². The molecule has 0 unspecified atom stereocenters. The highest BCUT2D eigenvalue weighted by molar-refractivity contribution is 6.32. The van der Waals surface area contributed by atoms with E-state index in [4.69, 9.17) is 17.3 Å². The summed E-state index contributed by atoms with van der Waals surface area (Å²) in [6, 6.07) is 22.1. The van der Waals surface area contributed by atoms with Crippen LogP contribution in [0.1, 0.15) is 16.7 Å². The van der Waals surface area contributed by atoms with Crippen LogP contribution in [-0.4, -0.2) is 21.1 Å². The van der Waals surface area contributed by atoms with Gasteiger partial charge in [0.15, 0.2) is 0 Å². The van der Waals surface area contributed by atoms with Crippen LogP contribution in [0, 0.1) is 11.8 Å². The van der Waals surface area contributed by atoms with Gasteiger partial charge in [0.2, 0.25) is 0 Å². The molecule has 2 N–H and O–H groups in total. The first-order valence-corrected chi connectivity index (χ1v) is 10.4. The quantitative estimate of drug-likeness (QED) is 0.410. The molecular formula is C26H19ClN4. The number of pyridine rings is 1. The Hall–Kier alpha value is -3.65. The molecule has 0 bridgehead atoms. The van der Waals surface area contributed by atoms with E-state index in [2.05, 4.69) is 50.6 Å². The number of rotatable bonds is 3. The first kappa shape index (κ1) is 19.3. The number of fused-ring (bicyclic) bond motifs is 3. The second kappa shape index (κ2) is 8.23. The first-order chi connectivity index (χ1) is 15.2. The number of hydrogen-bond acceptors (Lipinski definition) is 3. The third kappa shape index (κ3) is 3.77. The first-order valence-electron chi connectivity index (χ1n) is 10.0. The third-order valence-corrected chi connectivity index (χ3v) is 5.54. The van der Waals surface area contributed by atoms with Crippen LogP contribution in [0.25, 0.3) is 27.6 Å². The van der Waals surface area contributed by atoms with Gasteiger partial charge in [-0.15, -0.1) is 0 Å². The van der Waals surface area contributed by atoms with Crippen molar-refractivity contribution in [1.29, 1.82) is 0 Å². The van der Waals surface area contributed by atoms with Gasteiger partial charge in [0.25, 0.3) is 0 Å². The Kier molecular flexibility index (Phi) is 5.13. The number of nitrogens with zero attached hydrogens (tertiary/aromatic N) is 3. The largest absolute Gasteiger partial charge is 0.330 e. The molecule has 0 amide bonds. The maximum atomic E-state index is 6.52. The Morgan fingerprint density at radius 2 is 1.71 bits per heavy atom. The number of benzene rings is 3. The minimum atomic E-state index is 0.583. The fourth-order valence-electron chi connectivity index (χ4n) is 3.66. The van der Waals surface area contributed by atoms with Crippen molar-refractivity contribution in [1.82, 2.24) is 14.5 Å². The molecule has 0 aliphatic heterocycles. The number of imidazole rings is 1. The minimum absolute atomic E-state index is 0.583. The third-order valence-electron chi connectivity index (χ3n) is 5.23. The zero-order valence-electron chi connectivity index (χ0n) is 16.7. The average molecular weight is 423 g/mol. The van der Waals surface area contributed by atoms with Gasteiger partial charge in [-0.25, -0.2) is 4.98 Å². The Bertz CT molecular complexity index is 1440. The molecule has 2 aromatic heterocycles. The molecule has 0 saturated heterocycles. The highest BCUT2D eigenvalue weighted by Crippen LogP contribution is 2.29. The van der Waals surface area contributed by atoms with Crippen LogP contribution in [0.4, 0.5) is 0 Å². The van der Waals surface area contributed by atoms with Crippen molar-refractivity contribution in [2.45, 2.75) is 6.42 Å². The van der Waals surface area contributed by atoms with Gasteiger partial charge >= 0.3 is 0 Å². The van der Waals surface area contributed by atoms with Crippen molar-refractivity contribution in [3.63, 3.8) is 0 Å². The average Bonchev–Trinajstić information content (AvgIpc) is 3.24. The lowest BCUT2D eigenvalue weighted by Gasteiger charge is -2.09. The van der Waals surface area contributed by atoms with Crippen molar-refractivity contribution in [3.05, 3.63) is 101 Å². The lowest BCUT2D eigenvalue weighted by molar-refractivity contribution is 0.966. The van der Waals surface area contributed by atoms with Crippen LogP contribution >= 0.6 is 11.6 Å². The zero-order chi connectivity index (χ0) is 21.2. The van der Waals surface area contributed by atoms with E-state index < -0.39 is 0 Å². The fraction of sp³-hybridized carbons (Fsp3) is 0.0769. The standard InChI is InChI=1S/C26H19ClN4/c27-23-15-24-22(14-20(23)9-6-18-4-2-1-3-5-18)26-25(16-29-24)30-17-31(26)21-10-7-19(8-11-21)12-13-28/h1-5,7-8,10-11,14-17H,12-13,28H2. The Balaban J connectivity index is 1.67. The summed E-state index contributed by atoms with van der Waals surface area (Å²) in [5.41, 5.74) is 12.2. The smallest absolute Gasteiger partial charge is 0.108 e. The van der Waals surface area contributed by atoms with E-state index in [1.807, 2.05) is 48.8 Å².